The molecule has 0 aromatic heterocycles. The first-order chi connectivity index (χ1) is 9.87. The Hall–Kier alpha value is -2.04. The van der Waals surface area contributed by atoms with Crippen LogP contribution in [-0.2, 0) is 16.0 Å². The summed E-state index contributed by atoms with van der Waals surface area (Å²) in [6.07, 6.45) is 1.11. The number of rotatable bonds is 6. The second kappa shape index (κ2) is 8.29. The summed E-state index contributed by atoms with van der Waals surface area (Å²) in [7, 11) is 0. The highest BCUT2D eigenvalue weighted by atomic mass is 16.6. The monoisotopic (exact) mass is 291 g/mol. The smallest absolute Gasteiger partial charge is 0.308 e. The maximum absolute atomic E-state index is 11.5. The zero-order valence-electron chi connectivity index (χ0n) is 13.1. The van der Waals surface area contributed by atoms with E-state index in [9.17, 15) is 4.79 Å². The van der Waals surface area contributed by atoms with Gasteiger partial charge in [0.2, 0.25) is 0 Å². The number of benzene rings is 1. The van der Waals surface area contributed by atoms with E-state index >= 15 is 0 Å². The van der Waals surface area contributed by atoms with E-state index in [1.54, 1.807) is 0 Å². The van der Waals surface area contributed by atoms with Crippen molar-refractivity contribution in [3.63, 3.8) is 0 Å². The molecule has 1 aromatic carbocycles. The number of guanidine groups is 1. The number of nitrogens with one attached hydrogen (secondary N) is 1. The third kappa shape index (κ3) is 8.68. The molecular formula is C16H25N3O2. The van der Waals surface area contributed by atoms with Crippen molar-refractivity contribution in [3.05, 3.63) is 35.9 Å². The van der Waals surface area contributed by atoms with Crippen molar-refractivity contribution in [2.45, 2.75) is 39.2 Å². The van der Waals surface area contributed by atoms with E-state index < -0.39 is 5.60 Å². The number of ether oxygens (including phenoxy) is 1. The first-order valence-corrected chi connectivity index (χ1v) is 7.16. The van der Waals surface area contributed by atoms with Crippen LogP contribution in [0.1, 0.15) is 32.8 Å². The number of esters is 1. The molecule has 0 amide bonds. The van der Waals surface area contributed by atoms with E-state index in [0.29, 0.717) is 19.0 Å². The highest BCUT2D eigenvalue weighted by Gasteiger charge is 2.15. The number of carbonyl (C=O) groups excluding carboxylic acids is 1. The Morgan fingerprint density at radius 3 is 2.57 bits per heavy atom. The fourth-order valence-electron chi connectivity index (χ4n) is 1.70. The molecule has 0 atom stereocenters. The first kappa shape index (κ1) is 17.0. The molecule has 0 saturated carbocycles. The van der Waals surface area contributed by atoms with Gasteiger partial charge < -0.3 is 15.8 Å². The summed E-state index contributed by atoms with van der Waals surface area (Å²) >= 11 is 0. The van der Waals surface area contributed by atoms with Crippen LogP contribution in [0.4, 0.5) is 0 Å². The summed E-state index contributed by atoms with van der Waals surface area (Å²) in [5.74, 6) is 0.0952. The van der Waals surface area contributed by atoms with Gasteiger partial charge in [0.15, 0.2) is 5.96 Å². The van der Waals surface area contributed by atoms with Gasteiger partial charge >= 0.3 is 5.97 Å². The molecule has 0 saturated heterocycles. The SMILES string of the molecule is CC(C)(C)OC(=O)CCN=C(N)NCCc1ccccc1. The first-order valence-electron chi connectivity index (χ1n) is 7.16. The molecule has 0 spiro atoms. The van der Waals surface area contributed by atoms with Crippen LogP contribution in [0.2, 0.25) is 0 Å². The van der Waals surface area contributed by atoms with Crippen molar-refractivity contribution in [1.82, 2.24) is 5.32 Å². The number of hydrogen-bond acceptors (Lipinski definition) is 3. The zero-order valence-corrected chi connectivity index (χ0v) is 13.1. The molecule has 116 valence electrons. The van der Waals surface area contributed by atoms with Crippen LogP contribution < -0.4 is 11.1 Å². The fraction of sp³-hybridized carbons (Fsp3) is 0.500. The molecule has 0 unspecified atom stereocenters. The molecule has 0 aliphatic carbocycles. The molecule has 21 heavy (non-hydrogen) atoms. The van der Waals surface area contributed by atoms with Gasteiger partial charge in [-0.1, -0.05) is 30.3 Å². The van der Waals surface area contributed by atoms with Gasteiger partial charge in [-0.15, -0.1) is 0 Å². The standard InChI is InChI=1S/C16H25N3O2/c1-16(2,3)21-14(20)10-12-19-15(17)18-11-9-13-7-5-4-6-8-13/h4-8H,9-12H2,1-3H3,(H3,17,18,19). The Balaban J connectivity index is 2.20. The van der Waals surface area contributed by atoms with Crippen molar-refractivity contribution in [2.75, 3.05) is 13.1 Å². The Morgan fingerprint density at radius 2 is 1.95 bits per heavy atom. The van der Waals surface area contributed by atoms with Crippen molar-refractivity contribution >= 4 is 11.9 Å². The summed E-state index contributed by atoms with van der Waals surface area (Å²) in [5, 5.41) is 3.03. The Bertz CT molecular complexity index is 464. The van der Waals surface area contributed by atoms with E-state index in [1.165, 1.54) is 5.56 Å². The second-order valence-corrected chi connectivity index (χ2v) is 5.77. The number of aliphatic imine (C=N–C) groups is 1. The summed E-state index contributed by atoms with van der Waals surface area (Å²) < 4.78 is 5.19. The van der Waals surface area contributed by atoms with Gasteiger partial charge in [-0.25, -0.2) is 0 Å². The van der Waals surface area contributed by atoms with Gasteiger partial charge in [-0.05, 0) is 32.8 Å². The van der Waals surface area contributed by atoms with E-state index in [-0.39, 0.29) is 12.4 Å². The molecule has 1 rings (SSSR count). The maximum Gasteiger partial charge on any atom is 0.308 e. The van der Waals surface area contributed by atoms with Crippen LogP contribution in [0.3, 0.4) is 0 Å². The quantitative estimate of drug-likeness (QED) is 0.476. The molecule has 5 heteroatoms. The minimum atomic E-state index is -0.458. The van der Waals surface area contributed by atoms with E-state index in [4.69, 9.17) is 10.5 Å². The van der Waals surface area contributed by atoms with Crippen LogP contribution in [0.15, 0.2) is 35.3 Å². The molecule has 0 bridgehead atoms. The number of hydrogen-bond donors (Lipinski definition) is 2. The summed E-state index contributed by atoms with van der Waals surface area (Å²) in [6.45, 7) is 6.57. The normalized spacial score (nSPS) is 12.0. The fourth-order valence-corrected chi connectivity index (χ4v) is 1.70. The largest absolute Gasteiger partial charge is 0.460 e. The highest BCUT2D eigenvalue weighted by molar-refractivity contribution is 5.78. The van der Waals surface area contributed by atoms with Gasteiger partial charge in [-0.2, -0.15) is 0 Å². The molecule has 0 heterocycles. The molecule has 0 aliphatic heterocycles. The van der Waals surface area contributed by atoms with Gasteiger partial charge in [-0.3, -0.25) is 9.79 Å². The van der Waals surface area contributed by atoms with Crippen molar-refractivity contribution in [1.29, 1.82) is 0 Å². The summed E-state index contributed by atoms with van der Waals surface area (Å²) in [5.41, 5.74) is 6.52. The van der Waals surface area contributed by atoms with Gasteiger partial charge in [0, 0.05) is 6.54 Å². The summed E-state index contributed by atoms with van der Waals surface area (Å²) in [4.78, 5) is 15.6. The van der Waals surface area contributed by atoms with Crippen LogP contribution in [0.25, 0.3) is 0 Å². The highest BCUT2D eigenvalue weighted by Crippen LogP contribution is 2.07. The van der Waals surface area contributed by atoms with E-state index in [0.717, 1.165) is 6.42 Å². The van der Waals surface area contributed by atoms with Gasteiger partial charge in [0.25, 0.3) is 0 Å². The third-order valence-corrected chi connectivity index (χ3v) is 2.58. The van der Waals surface area contributed by atoms with Gasteiger partial charge in [0.1, 0.15) is 5.60 Å². The third-order valence-electron chi connectivity index (χ3n) is 2.58. The summed E-state index contributed by atoms with van der Waals surface area (Å²) in [6, 6.07) is 10.1. The predicted molar refractivity (Wildman–Crippen MR) is 85.1 cm³/mol. The topological polar surface area (TPSA) is 76.7 Å². The van der Waals surface area contributed by atoms with Crippen LogP contribution in [-0.4, -0.2) is 30.6 Å². The second-order valence-electron chi connectivity index (χ2n) is 5.77. The molecule has 5 nitrogen and oxygen atoms in total. The van der Waals surface area contributed by atoms with E-state index in [2.05, 4.69) is 22.4 Å². The lowest BCUT2D eigenvalue weighted by Gasteiger charge is -2.19. The number of nitrogens with zero attached hydrogens (tertiary/aromatic N) is 1. The van der Waals surface area contributed by atoms with Crippen LogP contribution >= 0.6 is 0 Å². The van der Waals surface area contributed by atoms with Crippen molar-refractivity contribution in [3.8, 4) is 0 Å². The van der Waals surface area contributed by atoms with Crippen LogP contribution in [0.5, 0.6) is 0 Å². The molecule has 3 N–H and O–H groups in total. The average Bonchev–Trinajstić information content (AvgIpc) is 2.38. The Kier molecular flexibility index (Phi) is 6.72. The van der Waals surface area contributed by atoms with Crippen LogP contribution in [0, 0.1) is 0 Å². The average molecular weight is 291 g/mol. The molecule has 0 fully saturated rings. The Labute approximate surface area is 126 Å². The number of nitrogens with two attached hydrogens (primary N) is 1. The molecular weight excluding hydrogens is 266 g/mol. The lowest BCUT2D eigenvalue weighted by atomic mass is 10.1. The lowest BCUT2D eigenvalue weighted by molar-refractivity contribution is -0.154. The minimum Gasteiger partial charge on any atom is -0.460 e. The maximum atomic E-state index is 11.5. The molecule has 1 aromatic rings. The van der Waals surface area contributed by atoms with E-state index in [1.807, 2.05) is 39.0 Å². The molecule has 0 radical (unpaired) electrons. The zero-order chi connectivity index (χ0) is 15.7. The van der Waals surface area contributed by atoms with Crippen molar-refractivity contribution in [2.24, 2.45) is 10.7 Å². The number of carbonyl (C=O) groups is 1. The minimum absolute atomic E-state index is 0.234. The van der Waals surface area contributed by atoms with Gasteiger partial charge in [0.05, 0.1) is 13.0 Å². The predicted octanol–water partition coefficient (Wildman–Crippen LogP) is 1.87. The lowest BCUT2D eigenvalue weighted by Crippen LogP contribution is -2.33. The molecule has 0 aliphatic rings. The Morgan fingerprint density at radius 1 is 1.29 bits per heavy atom. The van der Waals surface area contributed by atoms with Crippen molar-refractivity contribution < 1.29 is 9.53 Å².